The lowest BCUT2D eigenvalue weighted by Gasteiger charge is -2.28. The predicted octanol–water partition coefficient (Wildman–Crippen LogP) is 3.94. The van der Waals surface area contributed by atoms with Crippen molar-refractivity contribution in [1.29, 1.82) is 0 Å². The number of benzene rings is 2. The largest absolute Gasteiger partial charge is 0.359 e. The Labute approximate surface area is 187 Å². The molecule has 164 valence electrons. The molecule has 2 aromatic rings. The van der Waals surface area contributed by atoms with Gasteiger partial charge in [0.2, 0.25) is 10.0 Å². The zero-order chi connectivity index (χ0) is 22.2. The highest BCUT2D eigenvalue weighted by Gasteiger charge is 2.28. The van der Waals surface area contributed by atoms with Gasteiger partial charge < -0.3 is 10.6 Å². The van der Waals surface area contributed by atoms with Crippen molar-refractivity contribution in [3.63, 3.8) is 0 Å². The van der Waals surface area contributed by atoms with Crippen molar-refractivity contribution in [3.8, 4) is 0 Å². The van der Waals surface area contributed by atoms with Crippen molar-refractivity contribution >= 4 is 46.3 Å². The molecule has 0 atom stereocenters. The van der Waals surface area contributed by atoms with Crippen LogP contribution in [0.15, 0.2) is 48.5 Å². The van der Waals surface area contributed by atoms with Gasteiger partial charge in [-0.3, -0.25) is 4.72 Å². The number of hydrogen-bond acceptors (Lipinski definition) is 3. The fourth-order valence-corrected chi connectivity index (χ4v) is 7.98. The summed E-state index contributed by atoms with van der Waals surface area (Å²) in [6.45, 7) is 8.24. The zero-order valence-corrected chi connectivity index (χ0v) is 20.9. The van der Waals surface area contributed by atoms with Crippen LogP contribution in [-0.2, 0) is 23.1 Å². The van der Waals surface area contributed by atoms with Crippen molar-refractivity contribution in [2.24, 2.45) is 0 Å². The molecule has 2 aromatic carbocycles. The minimum Gasteiger partial charge on any atom is -0.359 e. The minimum atomic E-state index is -3.26. The summed E-state index contributed by atoms with van der Waals surface area (Å²) in [5.41, 5.74) is 2.78. The van der Waals surface area contributed by atoms with Gasteiger partial charge in [-0.15, -0.1) is 0 Å². The molecule has 0 amide bonds. The maximum absolute atomic E-state index is 11.3. The van der Waals surface area contributed by atoms with E-state index in [0.717, 1.165) is 11.8 Å². The Morgan fingerprint density at radius 3 is 1.67 bits per heavy atom. The van der Waals surface area contributed by atoms with Crippen LogP contribution in [0.25, 0.3) is 0 Å². The summed E-state index contributed by atoms with van der Waals surface area (Å²) in [7, 11) is -4.58. The highest BCUT2D eigenvalue weighted by molar-refractivity contribution is 7.92. The van der Waals surface area contributed by atoms with E-state index in [1.54, 1.807) is 17.3 Å². The molecule has 0 heterocycles. The molecule has 0 aliphatic heterocycles. The van der Waals surface area contributed by atoms with Gasteiger partial charge in [-0.25, -0.2) is 8.42 Å². The van der Waals surface area contributed by atoms with Gasteiger partial charge in [0.25, 0.3) is 0 Å². The molecular formula is C22H33N3O2S2Si. The highest BCUT2D eigenvalue weighted by Crippen LogP contribution is 2.20. The van der Waals surface area contributed by atoms with Crippen LogP contribution >= 0.6 is 12.2 Å². The Balaban J connectivity index is 1.83. The lowest BCUT2D eigenvalue weighted by molar-refractivity contribution is 0.607. The van der Waals surface area contributed by atoms with E-state index in [4.69, 9.17) is 12.2 Å². The van der Waals surface area contributed by atoms with Crippen LogP contribution in [-0.4, -0.2) is 27.9 Å². The molecule has 2 rings (SSSR count). The van der Waals surface area contributed by atoms with Gasteiger partial charge in [0.15, 0.2) is 5.11 Å². The smallest absolute Gasteiger partial charge is 0.229 e. The Kier molecular flexibility index (Phi) is 8.87. The van der Waals surface area contributed by atoms with E-state index in [0.29, 0.717) is 23.9 Å². The van der Waals surface area contributed by atoms with E-state index in [9.17, 15) is 8.42 Å². The number of sulfonamides is 1. The second-order valence-corrected chi connectivity index (χ2v) is 15.1. The van der Waals surface area contributed by atoms with E-state index >= 15 is 0 Å². The first-order valence-corrected chi connectivity index (χ1v) is 15.3. The van der Waals surface area contributed by atoms with Crippen LogP contribution in [0.2, 0.25) is 18.1 Å². The third kappa shape index (κ3) is 7.11. The lowest BCUT2D eigenvalue weighted by atomic mass is 10.2. The fraction of sp³-hybridized carbons (Fsp3) is 0.409. The maximum Gasteiger partial charge on any atom is 0.229 e. The molecule has 3 N–H and O–H groups in total. The first kappa shape index (κ1) is 24.4. The van der Waals surface area contributed by atoms with Gasteiger partial charge in [-0.1, -0.05) is 80.5 Å². The molecule has 0 aliphatic carbocycles. The van der Waals surface area contributed by atoms with E-state index < -0.39 is 18.1 Å². The SMILES string of the molecule is CC[Si](CC)(CC)c1ccc(CNC(=S)NCc2ccc(NS(C)(=O)=O)cc2)cc1. The van der Waals surface area contributed by atoms with Crippen LogP contribution in [0.1, 0.15) is 31.9 Å². The fourth-order valence-electron chi connectivity index (χ4n) is 3.67. The maximum atomic E-state index is 11.3. The monoisotopic (exact) mass is 463 g/mol. The lowest BCUT2D eigenvalue weighted by Crippen LogP contribution is -2.45. The van der Waals surface area contributed by atoms with Crippen molar-refractivity contribution in [1.82, 2.24) is 10.6 Å². The average molecular weight is 464 g/mol. The number of hydrogen-bond donors (Lipinski definition) is 3. The third-order valence-electron chi connectivity index (χ3n) is 5.76. The zero-order valence-electron chi connectivity index (χ0n) is 18.3. The van der Waals surface area contributed by atoms with E-state index in [-0.39, 0.29) is 0 Å². The Morgan fingerprint density at radius 2 is 1.27 bits per heavy atom. The standard InChI is InChI=1S/C22H33N3O2S2Si/c1-5-30(6-2,7-3)21-14-10-19(11-15-21)17-24-22(28)23-16-18-8-12-20(13-9-18)25-29(4,26)27/h8-15,25H,5-7,16-17H2,1-4H3,(H2,23,24,28). The molecule has 0 aromatic heterocycles. The summed E-state index contributed by atoms with van der Waals surface area (Å²) in [6, 6.07) is 20.1. The molecule has 0 aliphatic rings. The molecule has 5 nitrogen and oxygen atoms in total. The molecule has 0 radical (unpaired) electrons. The summed E-state index contributed by atoms with van der Waals surface area (Å²) in [5.74, 6) is 0. The van der Waals surface area contributed by atoms with Crippen LogP contribution < -0.4 is 20.5 Å². The molecule has 30 heavy (non-hydrogen) atoms. The Bertz CT molecular complexity index is 918. The number of anilines is 1. The van der Waals surface area contributed by atoms with Crippen molar-refractivity contribution in [2.75, 3.05) is 11.0 Å². The quantitative estimate of drug-likeness (QED) is 0.368. The van der Waals surface area contributed by atoms with E-state index in [1.165, 1.54) is 23.7 Å². The van der Waals surface area contributed by atoms with Gasteiger partial charge >= 0.3 is 0 Å². The number of nitrogens with one attached hydrogen (secondary N) is 3. The minimum absolute atomic E-state index is 0.548. The van der Waals surface area contributed by atoms with Gasteiger partial charge in [0.05, 0.1) is 14.3 Å². The summed E-state index contributed by atoms with van der Waals surface area (Å²) in [5, 5.41) is 8.58. The molecule has 0 saturated heterocycles. The normalized spacial score (nSPS) is 11.7. The van der Waals surface area contributed by atoms with Gasteiger partial charge in [-0.2, -0.15) is 0 Å². The van der Waals surface area contributed by atoms with Crippen molar-refractivity contribution < 1.29 is 8.42 Å². The van der Waals surface area contributed by atoms with E-state index in [2.05, 4.69) is 60.4 Å². The molecule has 0 unspecified atom stereocenters. The molecule has 0 bridgehead atoms. The van der Waals surface area contributed by atoms with Gasteiger partial charge in [-0.05, 0) is 35.5 Å². The van der Waals surface area contributed by atoms with Gasteiger partial charge in [0, 0.05) is 18.8 Å². The summed E-state index contributed by atoms with van der Waals surface area (Å²) < 4.78 is 25.0. The molecule has 0 spiro atoms. The van der Waals surface area contributed by atoms with Crippen molar-refractivity contribution in [3.05, 3.63) is 59.7 Å². The summed E-state index contributed by atoms with van der Waals surface area (Å²) >= 11 is 5.38. The molecule has 0 saturated carbocycles. The number of thiocarbonyl (C=S) groups is 1. The third-order valence-corrected chi connectivity index (χ3v) is 12.3. The van der Waals surface area contributed by atoms with Crippen LogP contribution in [0.5, 0.6) is 0 Å². The Morgan fingerprint density at radius 1 is 0.833 bits per heavy atom. The van der Waals surface area contributed by atoms with Crippen molar-refractivity contribution in [2.45, 2.75) is 52.0 Å². The van der Waals surface area contributed by atoms with E-state index in [1.807, 2.05) is 12.1 Å². The van der Waals surface area contributed by atoms with Crippen LogP contribution in [0.3, 0.4) is 0 Å². The second-order valence-electron chi connectivity index (χ2n) is 7.65. The van der Waals surface area contributed by atoms with Crippen LogP contribution in [0, 0.1) is 0 Å². The highest BCUT2D eigenvalue weighted by atomic mass is 32.2. The second kappa shape index (κ2) is 10.9. The summed E-state index contributed by atoms with van der Waals surface area (Å²) in [4.78, 5) is 0. The molecule has 8 heteroatoms. The van der Waals surface area contributed by atoms with Crippen LogP contribution in [0.4, 0.5) is 5.69 Å². The molecule has 0 fully saturated rings. The summed E-state index contributed by atoms with van der Waals surface area (Å²) in [6.07, 6.45) is 1.13. The average Bonchev–Trinajstić information content (AvgIpc) is 2.73. The topological polar surface area (TPSA) is 70.2 Å². The first-order valence-electron chi connectivity index (χ1n) is 10.4. The first-order chi connectivity index (χ1) is 14.2. The Hall–Kier alpha value is -1.90. The number of rotatable bonds is 10. The molecular weight excluding hydrogens is 430 g/mol. The predicted molar refractivity (Wildman–Crippen MR) is 134 cm³/mol. The van der Waals surface area contributed by atoms with Gasteiger partial charge in [0.1, 0.15) is 0 Å².